The maximum absolute atomic E-state index is 12.3. The van der Waals surface area contributed by atoms with Crippen LogP contribution in [0.5, 0.6) is 17.2 Å². The number of rotatable bonds is 12. The lowest BCUT2D eigenvalue weighted by molar-refractivity contribution is -0.149. The Hall–Kier alpha value is -4.56. The molecule has 0 N–H and O–H groups in total. The summed E-state index contributed by atoms with van der Waals surface area (Å²) in [6.45, 7) is 1.74. The van der Waals surface area contributed by atoms with Crippen LogP contribution in [0.25, 0.3) is 23.1 Å². The van der Waals surface area contributed by atoms with Gasteiger partial charge in [-0.2, -0.15) is 0 Å². The first-order valence-corrected chi connectivity index (χ1v) is 13.3. The third-order valence-corrected chi connectivity index (χ3v) is 6.36. The molecule has 4 aromatic rings. The Morgan fingerprint density at radius 1 is 0.878 bits per heavy atom. The van der Waals surface area contributed by atoms with E-state index in [1.54, 1.807) is 24.3 Å². The molecule has 0 aliphatic rings. The van der Waals surface area contributed by atoms with Gasteiger partial charge in [0.2, 0.25) is 0 Å². The Bertz CT molecular complexity index is 1550. The number of fused-ring (bicyclic) bond motifs is 1. The largest absolute Gasteiger partial charge is 0.485 e. The third-order valence-electron chi connectivity index (χ3n) is 6.12. The fraction of sp³-hybridized carbons (Fsp3) is 0.219. The summed E-state index contributed by atoms with van der Waals surface area (Å²) in [5.74, 6) is 0.308. The number of hydrogen-bond acceptors (Lipinski definition) is 8. The van der Waals surface area contributed by atoms with Gasteiger partial charge in [-0.3, -0.25) is 0 Å². The number of ether oxygens (including phenoxy) is 5. The second-order valence-electron chi connectivity index (χ2n) is 8.91. The summed E-state index contributed by atoms with van der Waals surface area (Å²) in [7, 11) is 2.62. The van der Waals surface area contributed by atoms with Crippen LogP contribution in [0.3, 0.4) is 0 Å². The van der Waals surface area contributed by atoms with Crippen molar-refractivity contribution in [2.75, 3.05) is 20.8 Å². The highest BCUT2D eigenvalue weighted by Gasteiger charge is 2.21. The van der Waals surface area contributed by atoms with E-state index in [1.165, 1.54) is 14.2 Å². The number of esters is 2. The SMILES string of the molecule is CCC(Oc1cc(/C=C/c2ccc3ccc(Cl)cc3n2)ccc1OCc1ccccc1OCC(=O)OC)C(=O)OC. The first kappa shape index (κ1) is 29.4. The van der Waals surface area contributed by atoms with Crippen molar-refractivity contribution in [3.63, 3.8) is 0 Å². The maximum atomic E-state index is 12.3. The number of carbonyl (C=O) groups is 2. The van der Waals surface area contributed by atoms with Crippen LogP contribution in [0.4, 0.5) is 0 Å². The van der Waals surface area contributed by atoms with Crippen molar-refractivity contribution in [3.8, 4) is 17.2 Å². The molecular weight excluding hydrogens is 546 g/mol. The van der Waals surface area contributed by atoms with Crippen LogP contribution in [-0.2, 0) is 25.7 Å². The van der Waals surface area contributed by atoms with E-state index in [-0.39, 0.29) is 13.2 Å². The van der Waals surface area contributed by atoms with Gasteiger partial charge in [-0.1, -0.05) is 61.0 Å². The average molecular weight is 576 g/mol. The lowest BCUT2D eigenvalue weighted by Gasteiger charge is -2.19. The molecule has 0 bridgehead atoms. The predicted molar refractivity (Wildman–Crippen MR) is 157 cm³/mol. The summed E-state index contributed by atoms with van der Waals surface area (Å²) in [6.07, 6.45) is 3.36. The number of methoxy groups -OCH3 is 2. The molecule has 0 aliphatic carbocycles. The van der Waals surface area contributed by atoms with Crippen molar-refractivity contribution in [1.29, 1.82) is 0 Å². The minimum atomic E-state index is -0.816. The lowest BCUT2D eigenvalue weighted by Crippen LogP contribution is -2.27. The van der Waals surface area contributed by atoms with Crippen LogP contribution in [0.2, 0.25) is 5.02 Å². The highest BCUT2D eigenvalue weighted by atomic mass is 35.5. The van der Waals surface area contributed by atoms with Gasteiger partial charge in [0.25, 0.3) is 0 Å². The molecule has 1 unspecified atom stereocenters. The maximum Gasteiger partial charge on any atom is 0.347 e. The molecule has 3 aromatic carbocycles. The minimum absolute atomic E-state index is 0.126. The van der Waals surface area contributed by atoms with E-state index >= 15 is 0 Å². The van der Waals surface area contributed by atoms with Crippen molar-refractivity contribution in [2.24, 2.45) is 0 Å². The molecule has 8 nitrogen and oxygen atoms in total. The number of halogens is 1. The topological polar surface area (TPSA) is 93.2 Å². The standard InChI is InChI=1S/C32H30ClNO7/c1-4-27(32(36)38-3)41-30-17-21(9-14-25-15-12-22-11-13-24(33)18-26(22)34-25)10-16-29(30)39-19-23-7-5-6-8-28(23)40-20-31(35)37-2/h5-18,27H,4,19-20H2,1-3H3/b14-9+. The molecular formula is C32H30ClNO7. The number of aromatic nitrogens is 1. The van der Waals surface area contributed by atoms with Gasteiger partial charge in [0.15, 0.2) is 24.2 Å². The summed E-state index contributed by atoms with van der Waals surface area (Å²) in [5, 5.41) is 1.62. The molecule has 1 atom stereocenters. The van der Waals surface area contributed by atoms with Crippen LogP contribution in [0, 0.1) is 0 Å². The molecule has 4 rings (SSSR count). The summed E-state index contributed by atoms with van der Waals surface area (Å²) in [5.41, 5.74) is 3.08. The van der Waals surface area contributed by atoms with E-state index < -0.39 is 18.0 Å². The number of carbonyl (C=O) groups excluding carboxylic acids is 2. The summed E-state index contributed by atoms with van der Waals surface area (Å²) in [6, 6.07) is 22.1. The van der Waals surface area contributed by atoms with Crippen molar-refractivity contribution in [1.82, 2.24) is 4.98 Å². The number of para-hydroxylation sites is 1. The fourth-order valence-electron chi connectivity index (χ4n) is 3.92. The van der Waals surface area contributed by atoms with Crippen LogP contribution < -0.4 is 14.2 Å². The minimum Gasteiger partial charge on any atom is -0.485 e. The molecule has 0 fully saturated rings. The first-order chi connectivity index (χ1) is 19.9. The van der Waals surface area contributed by atoms with Gasteiger partial charge < -0.3 is 23.7 Å². The van der Waals surface area contributed by atoms with E-state index in [2.05, 4.69) is 9.72 Å². The highest BCUT2D eigenvalue weighted by molar-refractivity contribution is 6.31. The number of nitrogens with zero attached hydrogens (tertiary/aromatic N) is 1. The monoisotopic (exact) mass is 575 g/mol. The normalized spacial score (nSPS) is 11.7. The molecule has 0 aliphatic heterocycles. The third kappa shape index (κ3) is 7.99. The van der Waals surface area contributed by atoms with E-state index in [1.807, 2.05) is 67.6 Å². The first-order valence-electron chi connectivity index (χ1n) is 12.9. The molecule has 1 heterocycles. The van der Waals surface area contributed by atoms with Gasteiger partial charge in [-0.15, -0.1) is 0 Å². The van der Waals surface area contributed by atoms with Crippen molar-refractivity contribution in [2.45, 2.75) is 26.1 Å². The van der Waals surface area contributed by atoms with Gasteiger partial charge in [0, 0.05) is 16.0 Å². The van der Waals surface area contributed by atoms with Gasteiger partial charge in [-0.25, -0.2) is 14.6 Å². The molecule has 0 spiro atoms. The summed E-state index contributed by atoms with van der Waals surface area (Å²) in [4.78, 5) is 28.5. The summed E-state index contributed by atoms with van der Waals surface area (Å²) < 4.78 is 27.3. The van der Waals surface area contributed by atoms with E-state index in [9.17, 15) is 9.59 Å². The van der Waals surface area contributed by atoms with Crippen LogP contribution in [-0.4, -0.2) is 43.9 Å². The van der Waals surface area contributed by atoms with Crippen LogP contribution >= 0.6 is 11.6 Å². The Kier molecular flexibility index (Phi) is 10.2. The van der Waals surface area contributed by atoms with Gasteiger partial charge in [-0.05, 0) is 54.5 Å². The molecule has 0 amide bonds. The predicted octanol–water partition coefficient (Wildman–Crippen LogP) is 6.52. The Morgan fingerprint density at radius 3 is 2.46 bits per heavy atom. The average Bonchev–Trinajstić information content (AvgIpc) is 3.00. The van der Waals surface area contributed by atoms with Crippen molar-refractivity contribution >= 4 is 46.6 Å². The van der Waals surface area contributed by atoms with E-state index in [0.717, 1.165) is 22.2 Å². The van der Waals surface area contributed by atoms with Gasteiger partial charge >= 0.3 is 11.9 Å². The lowest BCUT2D eigenvalue weighted by atomic mass is 10.1. The highest BCUT2D eigenvalue weighted by Crippen LogP contribution is 2.32. The van der Waals surface area contributed by atoms with Crippen LogP contribution in [0.15, 0.2) is 72.8 Å². The zero-order chi connectivity index (χ0) is 29.2. The van der Waals surface area contributed by atoms with Gasteiger partial charge in [0.05, 0.1) is 25.4 Å². The van der Waals surface area contributed by atoms with Crippen molar-refractivity contribution in [3.05, 3.63) is 94.6 Å². The number of benzene rings is 3. The molecule has 212 valence electrons. The fourth-order valence-corrected chi connectivity index (χ4v) is 4.08. The van der Waals surface area contributed by atoms with Gasteiger partial charge in [0.1, 0.15) is 12.4 Å². The van der Waals surface area contributed by atoms with Crippen LogP contribution in [0.1, 0.15) is 30.2 Å². The second kappa shape index (κ2) is 14.2. The van der Waals surface area contributed by atoms with E-state index in [0.29, 0.717) is 34.3 Å². The molecule has 9 heteroatoms. The van der Waals surface area contributed by atoms with Crippen molar-refractivity contribution < 1.29 is 33.3 Å². The number of hydrogen-bond donors (Lipinski definition) is 0. The smallest absolute Gasteiger partial charge is 0.347 e. The zero-order valence-corrected chi connectivity index (χ0v) is 23.7. The Labute approximate surface area is 243 Å². The van der Waals surface area contributed by atoms with E-state index in [4.69, 9.17) is 30.5 Å². The zero-order valence-electron chi connectivity index (χ0n) is 23.0. The number of pyridine rings is 1. The second-order valence-corrected chi connectivity index (χ2v) is 9.35. The summed E-state index contributed by atoms with van der Waals surface area (Å²) >= 11 is 6.13. The molecule has 0 saturated heterocycles. The quantitative estimate of drug-likeness (QED) is 0.176. The molecule has 0 radical (unpaired) electrons. The Balaban J connectivity index is 1.58. The molecule has 1 aromatic heterocycles. The Morgan fingerprint density at radius 2 is 1.68 bits per heavy atom. The molecule has 41 heavy (non-hydrogen) atoms. The molecule has 0 saturated carbocycles.